The van der Waals surface area contributed by atoms with E-state index in [0.717, 1.165) is 10.7 Å². The smallest absolute Gasteiger partial charge is 0.195 e. The highest BCUT2D eigenvalue weighted by molar-refractivity contribution is 7.99. The zero-order chi connectivity index (χ0) is 14.0. The van der Waals surface area contributed by atoms with Crippen LogP contribution in [0, 0.1) is 6.92 Å². The largest absolute Gasteiger partial charge is 0.409 e. The first-order valence-corrected chi connectivity index (χ1v) is 6.53. The Morgan fingerprint density at radius 2 is 2.21 bits per heavy atom. The Morgan fingerprint density at radius 3 is 2.79 bits per heavy atom. The van der Waals surface area contributed by atoms with Crippen LogP contribution in [0.5, 0.6) is 0 Å². The number of aryl methyl sites for hydroxylation is 1. The summed E-state index contributed by atoms with van der Waals surface area (Å²) in [6.45, 7) is 1.86. The molecule has 0 radical (unpaired) electrons. The van der Waals surface area contributed by atoms with E-state index in [4.69, 9.17) is 22.5 Å². The molecule has 0 aliphatic rings. The summed E-state index contributed by atoms with van der Waals surface area (Å²) in [5.41, 5.74) is 6.20. The second kappa shape index (κ2) is 5.50. The SMILES string of the molecule is Cc1nnc(Sc2ccc(Cl)cc2C(N)=NO)n1C. The summed E-state index contributed by atoms with van der Waals surface area (Å²) < 4.78 is 1.86. The Morgan fingerprint density at radius 1 is 1.47 bits per heavy atom. The lowest BCUT2D eigenvalue weighted by Gasteiger charge is -2.08. The molecule has 19 heavy (non-hydrogen) atoms. The highest BCUT2D eigenvalue weighted by atomic mass is 35.5. The Labute approximate surface area is 119 Å². The maximum absolute atomic E-state index is 8.81. The van der Waals surface area contributed by atoms with Crippen molar-refractivity contribution in [3.05, 3.63) is 34.6 Å². The molecule has 100 valence electrons. The van der Waals surface area contributed by atoms with Gasteiger partial charge in [-0.25, -0.2) is 0 Å². The third-order valence-electron chi connectivity index (χ3n) is 2.58. The Bertz CT molecular complexity index is 640. The van der Waals surface area contributed by atoms with E-state index in [1.165, 1.54) is 11.8 Å². The summed E-state index contributed by atoms with van der Waals surface area (Å²) in [5.74, 6) is 0.811. The van der Waals surface area contributed by atoms with Crippen LogP contribution in [0.1, 0.15) is 11.4 Å². The van der Waals surface area contributed by atoms with Crippen LogP contribution in [-0.2, 0) is 7.05 Å². The molecule has 0 saturated heterocycles. The van der Waals surface area contributed by atoms with E-state index in [1.54, 1.807) is 18.2 Å². The van der Waals surface area contributed by atoms with Crippen LogP contribution in [0.3, 0.4) is 0 Å². The third-order valence-corrected chi connectivity index (χ3v) is 3.93. The number of hydrogen-bond donors (Lipinski definition) is 2. The van der Waals surface area contributed by atoms with Crippen LogP contribution in [0.2, 0.25) is 5.02 Å². The predicted molar refractivity (Wildman–Crippen MR) is 73.8 cm³/mol. The molecule has 0 amide bonds. The van der Waals surface area contributed by atoms with Gasteiger partial charge < -0.3 is 15.5 Å². The van der Waals surface area contributed by atoms with Gasteiger partial charge in [-0.05, 0) is 36.9 Å². The lowest BCUT2D eigenvalue weighted by molar-refractivity contribution is 0.318. The number of aromatic nitrogens is 3. The standard InChI is InChI=1S/C11H12ClN5OS/c1-6-14-15-11(17(6)2)19-9-4-3-7(12)5-8(9)10(13)16-18/h3-5,18H,1-2H3,(H2,13,16). The van der Waals surface area contributed by atoms with Gasteiger partial charge in [0.25, 0.3) is 0 Å². The van der Waals surface area contributed by atoms with Gasteiger partial charge in [-0.15, -0.1) is 10.2 Å². The first kappa shape index (κ1) is 13.7. The van der Waals surface area contributed by atoms with Gasteiger partial charge in [0.2, 0.25) is 0 Å². The first-order chi connectivity index (χ1) is 9.02. The quantitative estimate of drug-likeness (QED) is 0.391. The van der Waals surface area contributed by atoms with Gasteiger partial charge in [0.15, 0.2) is 11.0 Å². The van der Waals surface area contributed by atoms with Crippen LogP contribution in [0.25, 0.3) is 0 Å². The summed E-state index contributed by atoms with van der Waals surface area (Å²) in [7, 11) is 1.87. The number of nitrogens with zero attached hydrogens (tertiary/aromatic N) is 4. The van der Waals surface area contributed by atoms with Crippen molar-refractivity contribution >= 4 is 29.2 Å². The van der Waals surface area contributed by atoms with E-state index >= 15 is 0 Å². The number of nitrogens with two attached hydrogens (primary N) is 1. The van der Waals surface area contributed by atoms with Crippen molar-refractivity contribution < 1.29 is 5.21 Å². The van der Waals surface area contributed by atoms with Crippen LogP contribution in [0.4, 0.5) is 0 Å². The normalized spacial score (nSPS) is 11.8. The predicted octanol–water partition coefficient (Wildman–Crippen LogP) is 2.02. The van der Waals surface area contributed by atoms with Gasteiger partial charge in [0, 0.05) is 22.5 Å². The van der Waals surface area contributed by atoms with Crippen molar-refractivity contribution in [2.24, 2.45) is 17.9 Å². The molecule has 0 aliphatic carbocycles. The van der Waals surface area contributed by atoms with Crippen LogP contribution in [0.15, 0.2) is 33.4 Å². The van der Waals surface area contributed by atoms with Gasteiger partial charge in [0.1, 0.15) is 5.82 Å². The van der Waals surface area contributed by atoms with Crippen molar-refractivity contribution in [1.29, 1.82) is 0 Å². The second-order valence-electron chi connectivity index (χ2n) is 3.82. The van der Waals surface area contributed by atoms with Crippen molar-refractivity contribution in [2.75, 3.05) is 0 Å². The number of rotatable bonds is 3. The maximum atomic E-state index is 8.81. The molecule has 8 heteroatoms. The molecular formula is C11H12ClN5OS. The molecule has 6 nitrogen and oxygen atoms in total. The van der Waals surface area contributed by atoms with E-state index in [1.807, 2.05) is 18.5 Å². The minimum atomic E-state index is 0.00360. The Hall–Kier alpha value is -1.73. The fraction of sp³-hybridized carbons (Fsp3) is 0.182. The van der Waals surface area contributed by atoms with Gasteiger partial charge in [-0.3, -0.25) is 0 Å². The van der Waals surface area contributed by atoms with Gasteiger partial charge in [-0.1, -0.05) is 16.8 Å². The molecule has 0 aliphatic heterocycles. The van der Waals surface area contributed by atoms with Crippen molar-refractivity contribution in [1.82, 2.24) is 14.8 Å². The van der Waals surface area contributed by atoms with E-state index in [-0.39, 0.29) is 5.84 Å². The summed E-state index contributed by atoms with van der Waals surface area (Å²) >= 11 is 7.29. The average molecular weight is 298 g/mol. The first-order valence-electron chi connectivity index (χ1n) is 5.34. The third kappa shape index (κ3) is 2.82. The Kier molecular flexibility index (Phi) is 3.96. The van der Waals surface area contributed by atoms with Crippen LogP contribution < -0.4 is 5.73 Å². The van der Waals surface area contributed by atoms with Crippen LogP contribution in [-0.4, -0.2) is 25.8 Å². The molecule has 2 aromatic rings. The molecular weight excluding hydrogens is 286 g/mol. The molecule has 1 heterocycles. The van der Waals surface area contributed by atoms with Gasteiger partial charge in [0.05, 0.1) is 0 Å². The molecule has 0 bridgehead atoms. The van der Waals surface area contributed by atoms with E-state index < -0.39 is 0 Å². The number of halogens is 1. The van der Waals surface area contributed by atoms with E-state index in [9.17, 15) is 0 Å². The molecule has 0 atom stereocenters. The molecule has 1 aromatic carbocycles. The molecule has 3 N–H and O–H groups in total. The number of amidine groups is 1. The zero-order valence-corrected chi connectivity index (χ0v) is 11.9. The molecule has 0 spiro atoms. The van der Waals surface area contributed by atoms with Crippen molar-refractivity contribution in [3.63, 3.8) is 0 Å². The Balaban J connectivity index is 2.43. The fourth-order valence-electron chi connectivity index (χ4n) is 1.42. The summed E-state index contributed by atoms with van der Waals surface area (Å²) in [6.07, 6.45) is 0. The van der Waals surface area contributed by atoms with Crippen LogP contribution >= 0.6 is 23.4 Å². The second-order valence-corrected chi connectivity index (χ2v) is 5.26. The van der Waals surface area contributed by atoms with Crippen molar-refractivity contribution in [3.8, 4) is 0 Å². The van der Waals surface area contributed by atoms with E-state index in [2.05, 4.69) is 15.4 Å². The summed E-state index contributed by atoms with van der Waals surface area (Å²) in [5, 5.41) is 21.1. The summed E-state index contributed by atoms with van der Waals surface area (Å²) in [6, 6.07) is 5.17. The van der Waals surface area contributed by atoms with Gasteiger partial charge in [-0.2, -0.15) is 0 Å². The molecule has 1 aromatic heterocycles. The summed E-state index contributed by atoms with van der Waals surface area (Å²) in [4.78, 5) is 0.787. The minimum Gasteiger partial charge on any atom is -0.409 e. The lowest BCUT2D eigenvalue weighted by atomic mass is 10.2. The highest BCUT2D eigenvalue weighted by Gasteiger charge is 2.13. The molecule has 0 unspecified atom stereocenters. The van der Waals surface area contributed by atoms with Gasteiger partial charge >= 0.3 is 0 Å². The monoisotopic (exact) mass is 297 g/mol. The number of oxime groups is 1. The molecule has 2 rings (SSSR count). The fourth-order valence-corrected chi connectivity index (χ4v) is 2.55. The zero-order valence-electron chi connectivity index (χ0n) is 10.3. The average Bonchev–Trinajstić information content (AvgIpc) is 2.71. The molecule has 0 fully saturated rings. The maximum Gasteiger partial charge on any atom is 0.195 e. The van der Waals surface area contributed by atoms with E-state index in [0.29, 0.717) is 15.7 Å². The number of hydrogen-bond acceptors (Lipinski definition) is 5. The highest BCUT2D eigenvalue weighted by Crippen LogP contribution is 2.30. The lowest BCUT2D eigenvalue weighted by Crippen LogP contribution is -2.14. The minimum absolute atomic E-state index is 0.00360. The van der Waals surface area contributed by atoms with Crippen molar-refractivity contribution in [2.45, 2.75) is 17.0 Å². The topological polar surface area (TPSA) is 89.3 Å². The number of benzene rings is 1. The molecule has 0 saturated carbocycles.